The van der Waals surface area contributed by atoms with Gasteiger partial charge in [0.25, 0.3) is 11.1 Å². The summed E-state index contributed by atoms with van der Waals surface area (Å²) in [5.74, 6) is -0.178. The van der Waals surface area contributed by atoms with Crippen LogP contribution in [0.3, 0.4) is 0 Å². The predicted octanol–water partition coefficient (Wildman–Crippen LogP) is 3.52. The molecule has 4 heteroatoms. The number of rotatable bonds is 3. The lowest BCUT2D eigenvalue weighted by Gasteiger charge is -2.19. The Labute approximate surface area is 111 Å². The van der Waals surface area contributed by atoms with Crippen LogP contribution in [0.4, 0.5) is 4.79 Å². The highest BCUT2D eigenvalue weighted by atomic mass is 32.2. The summed E-state index contributed by atoms with van der Waals surface area (Å²) in [5.41, 5.74) is 0.937. The maximum Gasteiger partial charge on any atom is 0.293 e. The van der Waals surface area contributed by atoms with Gasteiger partial charge in [-0.3, -0.25) is 14.5 Å². The number of carbonyl (C=O) groups excluding carboxylic acids is 2. The van der Waals surface area contributed by atoms with Gasteiger partial charge >= 0.3 is 0 Å². The Balaban J connectivity index is 2.26. The lowest BCUT2D eigenvalue weighted by molar-refractivity contribution is -0.124. The largest absolute Gasteiger partial charge is 0.293 e. The predicted molar refractivity (Wildman–Crippen MR) is 74.0 cm³/mol. The minimum absolute atomic E-state index is 0.0424. The molecule has 1 atom stereocenters. The highest BCUT2D eigenvalue weighted by Crippen LogP contribution is 2.33. The van der Waals surface area contributed by atoms with Gasteiger partial charge in [0.1, 0.15) is 0 Å². The molecule has 1 aliphatic rings. The van der Waals surface area contributed by atoms with E-state index in [-0.39, 0.29) is 17.2 Å². The molecule has 94 valence electrons. The van der Waals surface area contributed by atoms with Gasteiger partial charge in [0.05, 0.1) is 4.91 Å². The van der Waals surface area contributed by atoms with Gasteiger partial charge in [0.15, 0.2) is 0 Å². The van der Waals surface area contributed by atoms with E-state index >= 15 is 0 Å². The van der Waals surface area contributed by atoms with Crippen molar-refractivity contribution in [3.63, 3.8) is 0 Å². The summed E-state index contributed by atoms with van der Waals surface area (Å²) in [6.45, 7) is 3.86. The molecule has 2 amide bonds. The van der Waals surface area contributed by atoms with Crippen LogP contribution in [-0.2, 0) is 4.79 Å². The standard InChI is InChI=1S/C14H15NO2S/c1-3-10(2)15-13(16)12(18-14(15)17)9-11-7-5-4-6-8-11/h4-10H,3H2,1-2H3/b12-9+/t10-/m1/s1. The van der Waals surface area contributed by atoms with Crippen LogP contribution in [0.5, 0.6) is 0 Å². The third kappa shape index (κ3) is 2.48. The molecular formula is C14H15NO2S. The monoisotopic (exact) mass is 261 g/mol. The van der Waals surface area contributed by atoms with Gasteiger partial charge in [-0.2, -0.15) is 0 Å². The molecule has 0 unspecified atom stereocenters. The Hall–Kier alpha value is -1.55. The molecule has 3 nitrogen and oxygen atoms in total. The molecular weight excluding hydrogens is 246 g/mol. The molecule has 1 saturated heterocycles. The molecule has 0 radical (unpaired) electrons. The van der Waals surface area contributed by atoms with Crippen molar-refractivity contribution in [3.05, 3.63) is 40.8 Å². The van der Waals surface area contributed by atoms with E-state index in [1.54, 1.807) is 6.08 Å². The highest BCUT2D eigenvalue weighted by Gasteiger charge is 2.37. The van der Waals surface area contributed by atoms with Gasteiger partial charge in [-0.25, -0.2) is 0 Å². The third-order valence-corrected chi connectivity index (χ3v) is 3.84. The number of nitrogens with zero attached hydrogens (tertiary/aromatic N) is 1. The Bertz CT molecular complexity index is 496. The van der Waals surface area contributed by atoms with Crippen LogP contribution in [0, 0.1) is 0 Å². The number of benzene rings is 1. The van der Waals surface area contributed by atoms with Crippen molar-refractivity contribution in [3.8, 4) is 0 Å². The maximum atomic E-state index is 12.1. The summed E-state index contributed by atoms with van der Waals surface area (Å²) < 4.78 is 0. The molecule has 0 bridgehead atoms. The normalized spacial score (nSPS) is 19.7. The summed E-state index contributed by atoms with van der Waals surface area (Å²) in [5, 5.41) is -0.170. The first-order valence-corrected chi connectivity index (χ1v) is 6.77. The molecule has 1 fully saturated rings. The van der Waals surface area contributed by atoms with Crippen LogP contribution in [0.2, 0.25) is 0 Å². The minimum Gasteiger partial charge on any atom is -0.268 e. The molecule has 0 N–H and O–H groups in total. The second kappa shape index (κ2) is 5.40. The van der Waals surface area contributed by atoms with Gasteiger partial charge < -0.3 is 0 Å². The lowest BCUT2D eigenvalue weighted by Crippen LogP contribution is -2.36. The van der Waals surface area contributed by atoms with E-state index in [9.17, 15) is 9.59 Å². The molecule has 1 aromatic rings. The van der Waals surface area contributed by atoms with Crippen LogP contribution < -0.4 is 0 Å². The molecule has 0 aliphatic carbocycles. The number of thioether (sulfide) groups is 1. The summed E-state index contributed by atoms with van der Waals surface area (Å²) >= 11 is 1.02. The molecule has 1 aromatic carbocycles. The molecule has 2 rings (SSSR count). The van der Waals surface area contributed by atoms with Crippen LogP contribution in [0.1, 0.15) is 25.8 Å². The summed E-state index contributed by atoms with van der Waals surface area (Å²) in [6.07, 6.45) is 2.55. The van der Waals surface area contributed by atoms with E-state index in [4.69, 9.17) is 0 Å². The second-order valence-corrected chi connectivity index (χ2v) is 5.21. The zero-order valence-electron chi connectivity index (χ0n) is 10.4. The molecule has 0 spiro atoms. The van der Waals surface area contributed by atoms with Crippen LogP contribution >= 0.6 is 11.8 Å². The maximum absolute atomic E-state index is 12.1. The van der Waals surface area contributed by atoms with Crippen LogP contribution in [0.25, 0.3) is 6.08 Å². The summed E-state index contributed by atoms with van der Waals surface area (Å²) in [7, 11) is 0. The van der Waals surface area contributed by atoms with Gasteiger partial charge in [0.2, 0.25) is 0 Å². The quantitative estimate of drug-likeness (QED) is 0.781. The average molecular weight is 261 g/mol. The van der Waals surface area contributed by atoms with E-state index in [1.165, 1.54) is 4.90 Å². The van der Waals surface area contributed by atoms with Crippen LogP contribution in [-0.4, -0.2) is 22.1 Å². The van der Waals surface area contributed by atoms with Crippen molar-refractivity contribution in [1.29, 1.82) is 0 Å². The SMILES string of the molecule is CC[C@@H](C)N1C(=O)S/C(=C/c2ccccc2)C1=O. The highest BCUT2D eigenvalue weighted by molar-refractivity contribution is 8.18. The van der Waals surface area contributed by atoms with Gasteiger partial charge in [-0.1, -0.05) is 37.3 Å². The fraction of sp³-hybridized carbons (Fsp3) is 0.286. The minimum atomic E-state index is -0.178. The molecule has 18 heavy (non-hydrogen) atoms. The van der Waals surface area contributed by atoms with Gasteiger partial charge in [0, 0.05) is 6.04 Å². The molecule has 1 heterocycles. The Morgan fingerprint density at radius 2 is 1.94 bits per heavy atom. The topological polar surface area (TPSA) is 37.4 Å². The Morgan fingerprint density at radius 3 is 2.56 bits per heavy atom. The summed E-state index contributed by atoms with van der Waals surface area (Å²) in [4.78, 5) is 25.8. The zero-order valence-corrected chi connectivity index (χ0v) is 11.2. The molecule has 0 saturated carbocycles. The van der Waals surface area contributed by atoms with Crippen molar-refractivity contribution in [2.24, 2.45) is 0 Å². The van der Waals surface area contributed by atoms with Crippen molar-refractivity contribution in [1.82, 2.24) is 4.90 Å². The lowest BCUT2D eigenvalue weighted by atomic mass is 10.2. The van der Waals surface area contributed by atoms with Crippen molar-refractivity contribution in [2.75, 3.05) is 0 Å². The first-order valence-electron chi connectivity index (χ1n) is 5.95. The van der Waals surface area contributed by atoms with Crippen molar-refractivity contribution < 1.29 is 9.59 Å². The number of imide groups is 1. The van der Waals surface area contributed by atoms with Gasteiger partial charge in [-0.05, 0) is 36.7 Å². The molecule has 1 aliphatic heterocycles. The second-order valence-electron chi connectivity index (χ2n) is 4.22. The summed E-state index contributed by atoms with van der Waals surface area (Å²) in [6, 6.07) is 9.52. The third-order valence-electron chi connectivity index (χ3n) is 2.95. The smallest absolute Gasteiger partial charge is 0.268 e. The van der Waals surface area contributed by atoms with E-state index in [2.05, 4.69) is 0 Å². The fourth-order valence-electron chi connectivity index (χ4n) is 1.74. The van der Waals surface area contributed by atoms with Crippen molar-refractivity contribution in [2.45, 2.75) is 26.3 Å². The number of amides is 2. The first kappa shape index (κ1) is 12.9. The number of hydrogen-bond donors (Lipinski definition) is 0. The van der Waals surface area contributed by atoms with E-state index < -0.39 is 0 Å². The number of hydrogen-bond acceptors (Lipinski definition) is 3. The number of carbonyl (C=O) groups is 2. The zero-order chi connectivity index (χ0) is 13.1. The average Bonchev–Trinajstić information content (AvgIpc) is 2.65. The van der Waals surface area contributed by atoms with Gasteiger partial charge in [-0.15, -0.1) is 0 Å². The Kier molecular flexibility index (Phi) is 3.87. The van der Waals surface area contributed by atoms with Crippen molar-refractivity contribution >= 4 is 29.0 Å². The molecule has 0 aromatic heterocycles. The van der Waals surface area contributed by atoms with E-state index in [0.717, 1.165) is 23.7 Å². The fourth-order valence-corrected chi connectivity index (χ4v) is 2.67. The van der Waals surface area contributed by atoms with Crippen LogP contribution in [0.15, 0.2) is 35.2 Å². The Morgan fingerprint density at radius 1 is 1.28 bits per heavy atom. The van der Waals surface area contributed by atoms with E-state index in [1.807, 2.05) is 44.2 Å². The van der Waals surface area contributed by atoms with E-state index in [0.29, 0.717) is 4.91 Å². The first-order chi connectivity index (χ1) is 8.63.